The van der Waals surface area contributed by atoms with Crippen LogP contribution in [-0.4, -0.2) is 21.3 Å². The third-order valence-corrected chi connectivity index (χ3v) is 3.39. The van der Waals surface area contributed by atoms with Gasteiger partial charge in [-0.05, 0) is 50.4 Å². The van der Waals surface area contributed by atoms with Gasteiger partial charge in [0, 0.05) is 29.0 Å². The Morgan fingerprint density at radius 2 is 2.05 bits per heavy atom. The first-order chi connectivity index (χ1) is 9.06. The second-order valence-corrected chi connectivity index (χ2v) is 6.60. The van der Waals surface area contributed by atoms with E-state index in [1.54, 1.807) is 17.1 Å². The van der Waals surface area contributed by atoms with Crippen LogP contribution in [0, 0.1) is 5.92 Å². The Hall–Kier alpha value is -0.720. The summed E-state index contributed by atoms with van der Waals surface area (Å²) in [5, 5.41) is 7.72. The maximum atomic E-state index is 4.45. The molecule has 0 aliphatic carbocycles. The molecule has 2 rings (SSSR count). The van der Waals surface area contributed by atoms with Gasteiger partial charge in [0.2, 0.25) is 0 Å². The molecule has 0 unspecified atom stereocenters. The number of halogens is 2. The molecule has 2 aromatic heterocycles. The molecular formula is C13H16Br2N4. The van der Waals surface area contributed by atoms with E-state index in [1.165, 1.54) is 0 Å². The highest BCUT2D eigenvalue weighted by Gasteiger charge is 2.08. The highest BCUT2D eigenvalue weighted by atomic mass is 79.9. The summed E-state index contributed by atoms with van der Waals surface area (Å²) in [6.07, 6.45) is 5.45. The lowest BCUT2D eigenvalue weighted by molar-refractivity contribution is 0.550. The molecule has 19 heavy (non-hydrogen) atoms. The fourth-order valence-corrected chi connectivity index (χ4v) is 2.39. The summed E-state index contributed by atoms with van der Waals surface area (Å²) < 4.78 is 3.70. The van der Waals surface area contributed by atoms with Crippen molar-refractivity contribution in [1.82, 2.24) is 20.1 Å². The molecule has 0 saturated heterocycles. The summed E-state index contributed by atoms with van der Waals surface area (Å²) in [6.45, 7) is 6.14. The van der Waals surface area contributed by atoms with Gasteiger partial charge >= 0.3 is 0 Å². The van der Waals surface area contributed by atoms with Crippen molar-refractivity contribution < 1.29 is 0 Å². The minimum Gasteiger partial charge on any atom is -0.312 e. The summed E-state index contributed by atoms with van der Waals surface area (Å²) in [5.41, 5.74) is 1.12. The number of aromatic nitrogens is 3. The lowest BCUT2D eigenvalue weighted by Gasteiger charge is -2.11. The van der Waals surface area contributed by atoms with E-state index >= 15 is 0 Å². The number of hydrogen-bond donors (Lipinski definition) is 1. The highest BCUT2D eigenvalue weighted by Crippen LogP contribution is 2.18. The van der Waals surface area contributed by atoms with Crippen molar-refractivity contribution in [3.63, 3.8) is 0 Å². The van der Waals surface area contributed by atoms with Gasteiger partial charge in [-0.3, -0.25) is 0 Å². The third kappa shape index (κ3) is 4.12. The molecule has 102 valence electrons. The van der Waals surface area contributed by atoms with Gasteiger partial charge < -0.3 is 5.32 Å². The normalized spacial score (nSPS) is 11.2. The lowest BCUT2D eigenvalue weighted by Crippen LogP contribution is -2.20. The first-order valence-electron chi connectivity index (χ1n) is 6.12. The summed E-state index contributed by atoms with van der Waals surface area (Å²) in [6, 6.07) is 2.07. The summed E-state index contributed by atoms with van der Waals surface area (Å²) in [5.74, 6) is 1.48. The first kappa shape index (κ1) is 14.7. The SMILES string of the molecule is CC(C)CNCc1cc(Br)cnc1-n1cc(Br)cn1. The van der Waals surface area contributed by atoms with Crippen LogP contribution in [0.4, 0.5) is 0 Å². The Bertz CT molecular complexity index is 551. The number of nitrogens with zero attached hydrogens (tertiary/aromatic N) is 3. The molecule has 1 N–H and O–H groups in total. The van der Waals surface area contributed by atoms with Gasteiger partial charge in [0.25, 0.3) is 0 Å². The van der Waals surface area contributed by atoms with E-state index in [0.29, 0.717) is 5.92 Å². The molecule has 2 heterocycles. The van der Waals surface area contributed by atoms with E-state index < -0.39 is 0 Å². The van der Waals surface area contributed by atoms with Crippen molar-refractivity contribution in [1.29, 1.82) is 0 Å². The van der Waals surface area contributed by atoms with Gasteiger partial charge in [-0.25, -0.2) is 9.67 Å². The van der Waals surface area contributed by atoms with Gasteiger partial charge in [0.15, 0.2) is 5.82 Å². The topological polar surface area (TPSA) is 42.7 Å². The van der Waals surface area contributed by atoms with Gasteiger partial charge in [-0.15, -0.1) is 0 Å². The van der Waals surface area contributed by atoms with Crippen molar-refractivity contribution in [3.05, 3.63) is 39.2 Å². The molecule has 0 fully saturated rings. The van der Waals surface area contributed by atoms with Crippen molar-refractivity contribution in [2.45, 2.75) is 20.4 Å². The molecule has 0 saturated carbocycles. The van der Waals surface area contributed by atoms with E-state index in [9.17, 15) is 0 Å². The number of hydrogen-bond acceptors (Lipinski definition) is 3. The zero-order valence-electron chi connectivity index (χ0n) is 10.9. The smallest absolute Gasteiger partial charge is 0.157 e. The minimum atomic E-state index is 0.627. The maximum Gasteiger partial charge on any atom is 0.157 e. The minimum absolute atomic E-state index is 0.627. The predicted octanol–water partition coefficient (Wildman–Crippen LogP) is 3.54. The Morgan fingerprint density at radius 3 is 2.68 bits per heavy atom. The van der Waals surface area contributed by atoms with E-state index in [0.717, 1.165) is 33.4 Å². The van der Waals surface area contributed by atoms with Crippen molar-refractivity contribution >= 4 is 31.9 Å². The van der Waals surface area contributed by atoms with Gasteiger partial charge in [0.05, 0.1) is 10.7 Å². The molecule has 0 aliphatic rings. The molecule has 0 aliphatic heterocycles. The summed E-state index contributed by atoms with van der Waals surface area (Å²) in [4.78, 5) is 4.45. The Balaban J connectivity index is 2.23. The first-order valence-corrected chi connectivity index (χ1v) is 7.70. The van der Waals surface area contributed by atoms with Crippen LogP contribution in [0.25, 0.3) is 5.82 Å². The Morgan fingerprint density at radius 1 is 1.26 bits per heavy atom. The van der Waals surface area contributed by atoms with E-state index in [4.69, 9.17) is 0 Å². The molecule has 0 amide bonds. The van der Waals surface area contributed by atoms with Crippen molar-refractivity contribution in [3.8, 4) is 5.82 Å². The average Bonchev–Trinajstić information content (AvgIpc) is 2.75. The van der Waals surface area contributed by atoms with Crippen LogP contribution in [0.5, 0.6) is 0 Å². The van der Waals surface area contributed by atoms with Crippen LogP contribution >= 0.6 is 31.9 Å². The zero-order valence-corrected chi connectivity index (χ0v) is 14.1. The zero-order chi connectivity index (χ0) is 13.8. The van der Waals surface area contributed by atoms with Crippen molar-refractivity contribution in [2.24, 2.45) is 5.92 Å². The molecule has 2 aromatic rings. The summed E-state index contributed by atoms with van der Waals surface area (Å²) in [7, 11) is 0. The van der Waals surface area contributed by atoms with Gasteiger partial charge in [-0.2, -0.15) is 5.10 Å². The van der Waals surface area contributed by atoms with E-state index in [-0.39, 0.29) is 0 Å². The Kier molecular flexibility index (Phi) is 5.13. The van der Waals surface area contributed by atoms with Crippen molar-refractivity contribution in [2.75, 3.05) is 6.54 Å². The molecule has 0 spiro atoms. The second kappa shape index (κ2) is 6.63. The molecule has 4 nitrogen and oxygen atoms in total. The van der Waals surface area contributed by atoms with Crippen LogP contribution in [0.3, 0.4) is 0 Å². The number of rotatable bonds is 5. The molecule has 0 aromatic carbocycles. The largest absolute Gasteiger partial charge is 0.312 e. The molecule has 6 heteroatoms. The van der Waals surface area contributed by atoms with Crippen LogP contribution in [0.1, 0.15) is 19.4 Å². The fourth-order valence-electron chi connectivity index (χ4n) is 1.72. The highest BCUT2D eigenvalue weighted by molar-refractivity contribution is 9.10. The monoisotopic (exact) mass is 386 g/mol. The molecule has 0 radical (unpaired) electrons. The predicted molar refractivity (Wildman–Crippen MR) is 83.3 cm³/mol. The van der Waals surface area contributed by atoms with Crippen LogP contribution in [0.2, 0.25) is 0 Å². The maximum absolute atomic E-state index is 4.45. The quantitative estimate of drug-likeness (QED) is 0.853. The van der Waals surface area contributed by atoms with E-state index in [1.807, 2.05) is 6.20 Å². The lowest BCUT2D eigenvalue weighted by atomic mass is 10.2. The fraction of sp³-hybridized carbons (Fsp3) is 0.385. The van der Waals surface area contributed by atoms with Crippen LogP contribution < -0.4 is 5.32 Å². The molecule has 0 bridgehead atoms. The van der Waals surface area contributed by atoms with Crippen LogP contribution in [-0.2, 0) is 6.54 Å². The molecule has 0 atom stereocenters. The average molecular weight is 388 g/mol. The van der Waals surface area contributed by atoms with E-state index in [2.05, 4.69) is 67.2 Å². The standard InChI is InChI=1S/C13H16Br2N4/c1-9(2)4-16-5-10-3-11(14)6-17-13(10)19-8-12(15)7-18-19/h3,6-9,16H,4-5H2,1-2H3. The Labute approximate surface area is 129 Å². The molecular weight excluding hydrogens is 372 g/mol. The third-order valence-electron chi connectivity index (χ3n) is 2.55. The number of nitrogens with one attached hydrogen (secondary N) is 1. The summed E-state index contributed by atoms with van der Waals surface area (Å²) >= 11 is 6.87. The number of pyridine rings is 1. The van der Waals surface area contributed by atoms with Gasteiger partial charge in [-0.1, -0.05) is 13.8 Å². The van der Waals surface area contributed by atoms with Crippen LogP contribution in [0.15, 0.2) is 33.6 Å². The van der Waals surface area contributed by atoms with Gasteiger partial charge in [0.1, 0.15) is 0 Å². The second-order valence-electron chi connectivity index (χ2n) is 4.76.